The van der Waals surface area contributed by atoms with Gasteiger partial charge in [0.25, 0.3) is 0 Å². The van der Waals surface area contributed by atoms with Crippen molar-refractivity contribution in [2.24, 2.45) is 5.92 Å². The van der Waals surface area contributed by atoms with E-state index < -0.39 is 20.3 Å². The Hall–Kier alpha value is -0.290. The van der Waals surface area contributed by atoms with Crippen LogP contribution < -0.4 is 0 Å². The Morgan fingerprint density at radius 2 is 1.92 bits per heavy atom. The van der Waals surface area contributed by atoms with Gasteiger partial charge in [0.15, 0.2) is 5.25 Å². The van der Waals surface area contributed by atoms with E-state index in [0.717, 1.165) is 0 Å². The standard InChI is InChI=1S/C7H13ClO4S/c1-4-12-7(9)6(5(2)3)13(8,10)11/h5-6H,4H2,1-3H3/t6-/m0/s1. The number of carbonyl (C=O) groups excluding carboxylic acids is 1. The summed E-state index contributed by atoms with van der Waals surface area (Å²) in [5.74, 6) is -1.17. The quantitative estimate of drug-likeness (QED) is 0.535. The van der Waals surface area contributed by atoms with Gasteiger partial charge < -0.3 is 4.74 Å². The van der Waals surface area contributed by atoms with Crippen molar-refractivity contribution in [3.8, 4) is 0 Å². The Bertz CT molecular complexity index is 270. The maximum Gasteiger partial charge on any atom is 0.325 e. The molecule has 0 unspecified atom stereocenters. The normalized spacial score (nSPS) is 14.2. The minimum atomic E-state index is -3.89. The van der Waals surface area contributed by atoms with Gasteiger partial charge >= 0.3 is 5.97 Å². The van der Waals surface area contributed by atoms with Gasteiger partial charge in [0.05, 0.1) is 6.61 Å². The van der Waals surface area contributed by atoms with E-state index in [2.05, 4.69) is 4.74 Å². The monoisotopic (exact) mass is 228 g/mol. The van der Waals surface area contributed by atoms with Crippen LogP contribution in [0.25, 0.3) is 0 Å². The van der Waals surface area contributed by atoms with E-state index in [9.17, 15) is 13.2 Å². The molecule has 0 N–H and O–H groups in total. The van der Waals surface area contributed by atoms with E-state index in [4.69, 9.17) is 10.7 Å². The number of hydrogen-bond acceptors (Lipinski definition) is 4. The summed E-state index contributed by atoms with van der Waals surface area (Å²) in [6.07, 6.45) is 0. The van der Waals surface area contributed by atoms with Gasteiger partial charge in [0.2, 0.25) is 9.05 Å². The van der Waals surface area contributed by atoms with Crippen LogP contribution in [0.4, 0.5) is 0 Å². The molecule has 0 aliphatic carbocycles. The van der Waals surface area contributed by atoms with Crippen LogP contribution in [-0.2, 0) is 18.6 Å². The van der Waals surface area contributed by atoms with Gasteiger partial charge in [0, 0.05) is 10.7 Å². The van der Waals surface area contributed by atoms with Crippen molar-refractivity contribution in [1.82, 2.24) is 0 Å². The molecule has 0 rings (SSSR count). The molecule has 0 aliphatic heterocycles. The molecule has 0 aromatic rings. The SMILES string of the molecule is CCOC(=O)[C@H](C(C)C)S(=O)(=O)Cl. The summed E-state index contributed by atoms with van der Waals surface area (Å²) in [5, 5.41) is -1.27. The predicted octanol–water partition coefficient (Wildman–Crippen LogP) is 1.14. The van der Waals surface area contributed by atoms with E-state index in [1.165, 1.54) is 0 Å². The Labute approximate surface area is 82.6 Å². The second-order valence-electron chi connectivity index (χ2n) is 2.89. The predicted molar refractivity (Wildman–Crippen MR) is 50.0 cm³/mol. The third kappa shape index (κ3) is 3.95. The first-order valence-corrected chi connectivity index (χ1v) is 6.28. The summed E-state index contributed by atoms with van der Waals surface area (Å²) in [4.78, 5) is 11.1. The van der Waals surface area contributed by atoms with Crippen LogP contribution in [0.1, 0.15) is 20.8 Å². The van der Waals surface area contributed by atoms with Gasteiger partial charge in [-0.15, -0.1) is 0 Å². The van der Waals surface area contributed by atoms with Crippen LogP contribution in [0.3, 0.4) is 0 Å². The van der Waals surface area contributed by atoms with Crippen LogP contribution in [-0.4, -0.2) is 26.2 Å². The van der Waals surface area contributed by atoms with E-state index in [0.29, 0.717) is 0 Å². The van der Waals surface area contributed by atoms with E-state index >= 15 is 0 Å². The molecule has 0 bridgehead atoms. The molecule has 13 heavy (non-hydrogen) atoms. The van der Waals surface area contributed by atoms with E-state index in [1.54, 1.807) is 20.8 Å². The van der Waals surface area contributed by atoms with Crippen molar-refractivity contribution in [3.63, 3.8) is 0 Å². The van der Waals surface area contributed by atoms with Crippen molar-refractivity contribution in [3.05, 3.63) is 0 Å². The van der Waals surface area contributed by atoms with Crippen molar-refractivity contribution in [1.29, 1.82) is 0 Å². The molecular weight excluding hydrogens is 216 g/mol. The van der Waals surface area contributed by atoms with Crippen molar-refractivity contribution in [2.45, 2.75) is 26.0 Å². The van der Waals surface area contributed by atoms with E-state index in [1.807, 2.05) is 0 Å². The first kappa shape index (κ1) is 12.7. The topological polar surface area (TPSA) is 60.4 Å². The summed E-state index contributed by atoms with van der Waals surface area (Å²) in [6, 6.07) is 0. The van der Waals surface area contributed by atoms with Crippen molar-refractivity contribution in [2.75, 3.05) is 6.61 Å². The summed E-state index contributed by atoms with van der Waals surface area (Å²) >= 11 is 0. The van der Waals surface area contributed by atoms with Crippen LogP contribution in [0.2, 0.25) is 0 Å². The highest BCUT2D eigenvalue weighted by molar-refractivity contribution is 8.14. The maximum absolute atomic E-state index is 11.1. The molecule has 78 valence electrons. The molecule has 0 aliphatic rings. The van der Waals surface area contributed by atoms with E-state index in [-0.39, 0.29) is 12.5 Å². The van der Waals surface area contributed by atoms with Gasteiger partial charge in [-0.05, 0) is 12.8 Å². The molecule has 1 atom stereocenters. The molecule has 6 heteroatoms. The summed E-state index contributed by atoms with van der Waals surface area (Å²) in [5.41, 5.74) is 0. The van der Waals surface area contributed by atoms with Crippen LogP contribution >= 0.6 is 10.7 Å². The summed E-state index contributed by atoms with van der Waals surface area (Å²) in [7, 11) is 1.21. The highest BCUT2D eigenvalue weighted by Crippen LogP contribution is 2.17. The molecule has 0 saturated carbocycles. The van der Waals surface area contributed by atoms with Gasteiger partial charge in [-0.1, -0.05) is 13.8 Å². The van der Waals surface area contributed by atoms with Gasteiger partial charge in [-0.25, -0.2) is 8.42 Å². The zero-order chi connectivity index (χ0) is 10.6. The molecule has 0 radical (unpaired) electrons. The molecule has 0 heterocycles. The highest BCUT2D eigenvalue weighted by atomic mass is 35.7. The second kappa shape index (κ2) is 4.81. The Morgan fingerprint density at radius 1 is 1.46 bits per heavy atom. The molecule has 0 spiro atoms. The number of esters is 1. The number of hydrogen-bond donors (Lipinski definition) is 0. The lowest BCUT2D eigenvalue weighted by Crippen LogP contribution is -2.33. The lowest BCUT2D eigenvalue weighted by molar-refractivity contribution is -0.143. The van der Waals surface area contributed by atoms with Gasteiger partial charge in [0.1, 0.15) is 0 Å². The number of carbonyl (C=O) groups is 1. The first-order chi connectivity index (χ1) is 5.80. The molecule has 0 aromatic heterocycles. The van der Waals surface area contributed by atoms with Gasteiger partial charge in [-0.2, -0.15) is 0 Å². The number of ether oxygens (including phenoxy) is 1. The zero-order valence-electron chi connectivity index (χ0n) is 7.78. The maximum atomic E-state index is 11.1. The third-order valence-corrected chi connectivity index (χ3v) is 3.35. The second-order valence-corrected chi connectivity index (χ2v) is 5.64. The summed E-state index contributed by atoms with van der Waals surface area (Å²) < 4.78 is 26.5. The van der Waals surface area contributed by atoms with Crippen molar-refractivity contribution < 1.29 is 17.9 Å². The fraction of sp³-hybridized carbons (Fsp3) is 0.857. The molecule has 0 amide bonds. The smallest absolute Gasteiger partial charge is 0.325 e. The Balaban J connectivity index is 4.74. The highest BCUT2D eigenvalue weighted by Gasteiger charge is 2.35. The molecule has 0 saturated heterocycles. The van der Waals surface area contributed by atoms with Crippen molar-refractivity contribution >= 4 is 25.7 Å². The number of rotatable bonds is 4. The minimum Gasteiger partial charge on any atom is -0.465 e. The fourth-order valence-corrected chi connectivity index (χ4v) is 2.72. The number of halogens is 1. The fourth-order valence-electron chi connectivity index (χ4n) is 0.937. The average Bonchev–Trinajstić information content (AvgIpc) is 1.82. The lowest BCUT2D eigenvalue weighted by atomic mass is 10.1. The first-order valence-electron chi connectivity index (χ1n) is 3.90. The summed E-state index contributed by atoms with van der Waals surface area (Å²) in [6.45, 7) is 4.95. The Morgan fingerprint density at radius 3 is 2.15 bits per heavy atom. The third-order valence-electron chi connectivity index (χ3n) is 1.43. The Kier molecular flexibility index (Phi) is 4.70. The molecule has 4 nitrogen and oxygen atoms in total. The largest absolute Gasteiger partial charge is 0.465 e. The molecular formula is C7H13ClO4S. The van der Waals surface area contributed by atoms with Crippen LogP contribution in [0, 0.1) is 5.92 Å². The minimum absolute atomic E-state index is 0.147. The van der Waals surface area contributed by atoms with Gasteiger partial charge in [-0.3, -0.25) is 4.79 Å². The van der Waals surface area contributed by atoms with Crippen LogP contribution in [0.5, 0.6) is 0 Å². The lowest BCUT2D eigenvalue weighted by Gasteiger charge is -2.15. The molecule has 0 aromatic carbocycles. The average molecular weight is 229 g/mol. The molecule has 0 fully saturated rings. The zero-order valence-corrected chi connectivity index (χ0v) is 9.35. The van der Waals surface area contributed by atoms with Crippen LogP contribution in [0.15, 0.2) is 0 Å².